The van der Waals surface area contributed by atoms with Crippen molar-refractivity contribution in [3.63, 3.8) is 0 Å². The minimum absolute atomic E-state index is 0.00193. The van der Waals surface area contributed by atoms with Crippen molar-refractivity contribution in [2.24, 2.45) is 11.7 Å². The van der Waals surface area contributed by atoms with E-state index in [0.29, 0.717) is 12.5 Å². The van der Waals surface area contributed by atoms with Crippen molar-refractivity contribution >= 4 is 5.91 Å². The predicted octanol–water partition coefficient (Wildman–Crippen LogP) is 2.56. The molecule has 0 aliphatic carbocycles. The van der Waals surface area contributed by atoms with Crippen LogP contribution in [0.25, 0.3) is 0 Å². The minimum Gasteiger partial charge on any atom is -0.484 e. The van der Waals surface area contributed by atoms with E-state index in [-0.39, 0.29) is 18.6 Å². The Labute approximate surface area is 121 Å². The molecule has 0 aliphatic heterocycles. The SMILES string of the molecule is Cc1cc([C@H](C)N)ccc1OCC(=O)NCCC(C)C. The van der Waals surface area contributed by atoms with Crippen LogP contribution in [-0.2, 0) is 4.79 Å². The van der Waals surface area contributed by atoms with Gasteiger partial charge < -0.3 is 15.8 Å². The van der Waals surface area contributed by atoms with E-state index in [9.17, 15) is 4.79 Å². The summed E-state index contributed by atoms with van der Waals surface area (Å²) in [7, 11) is 0. The molecule has 0 saturated heterocycles. The first kappa shape index (κ1) is 16.5. The molecule has 4 heteroatoms. The molecular weight excluding hydrogens is 252 g/mol. The van der Waals surface area contributed by atoms with Gasteiger partial charge in [0.2, 0.25) is 0 Å². The number of amides is 1. The van der Waals surface area contributed by atoms with Crippen LogP contribution in [0.2, 0.25) is 0 Å². The van der Waals surface area contributed by atoms with Gasteiger partial charge in [0.15, 0.2) is 6.61 Å². The van der Waals surface area contributed by atoms with Gasteiger partial charge in [-0.05, 0) is 43.4 Å². The highest BCUT2D eigenvalue weighted by molar-refractivity contribution is 5.77. The standard InChI is InChI=1S/C16H26N2O2/c1-11(2)7-8-18-16(19)10-20-15-6-5-14(13(4)17)9-12(15)3/h5-6,9,11,13H,7-8,10,17H2,1-4H3,(H,18,19)/t13-/m0/s1. The lowest BCUT2D eigenvalue weighted by Gasteiger charge is -2.12. The van der Waals surface area contributed by atoms with Crippen LogP contribution in [0, 0.1) is 12.8 Å². The lowest BCUT2D eigenvalue weighted by Crippen LogP contribution is -2.30. The van der Waals surface area contributed by atoms with Gasteiger partial charge in [-0.3, -0.25) is 4.79 Å². The Kier molecular flexibility index (Phi) is 6.52. The van der Waals surface area contributed by atoms with Gasteiger partial charge in [0.25, 0.3) is 5.91 Å². The Bertz CT molecular complexity index is 442. The van der Waals surface area contributed by atoms with Crippen molar-refractivity contribution in [1.82, 2.24) is 5.32 Å². The summed E-state index contributed by atoms with van der Waals surface area (Å²) in [6, 6.07) is 5.80. The van der Waals surface area contributed by atoms with Crippen LogP contribution < -0.4 is 15.8 Å². The molecular formula is C16H26N2O2. The number of benzene rings is 1. The third kappa shape index (κ3) is 5.61. The fourth-order valence-electron chi connectivity index (χ4n) is 1.81. The highest BCUT2D eigenvalue weighted by atomic mass is 16.5. The minimum atomic E-state index is -0.0821. The summed E-state index contributed by atoms with van der Waals surface area (Å²) in [6.07, 6.45) is 0.980. The summed E-state index contributed by atoms with van der Waals surface area (Å²) in [6.45, 7) is 8.91. The first-order valence-corrected chi connectivity index (χ1v) is 7.15. The van der Waals surface area contributed by atoms with Gasteiger partial charge in [-0.1, -0.05) is 26.0 Å². The Balaban J connectivity index is 2.43. The second-order valence-corrected chi connectivity index (χ2v) is 5.63. The molecule has 0 aliphatic rings. The summed E-state index contributed by atoms with van der Waals surface area (Å²) >= 11 is 0. The Morgan fingerprint density at radius 3 is 2.60 bits per heavy atom. The number of hydrogen-bond donors (Lipinski definition) is 2. The zero-order valence-electron chi connectivity index (χ0n) is 12.9. The first-order chi connectivity index (χ1) is 9.40. The molecule has 1 atom stereocenters. The Morgan fingerprint density at radius 1 is 1.35 bits per heavy atom. The average molecular weight is 278 g/mol. The Morgan fingerprint density at radius 2 is 2.05 bits per heavy atom. The van der Waals surface area contributed by atoms with Crippen LogP contribution in [0.5, 0.6) is 5.75 Å². The molecule has 4 nitrogen and oxygen atoms in total. The van der Waals surface area contributed by atoms with E-state index in [0.717, 1.165) is 23.3 Å². The van der Waals surface area contributed by atoms with Crippen LogP contribution in [0.1, 0.15) is 44.4 Å². The maximum atomic E-state index is 11.6. The van der Waals surface area contributed by atoms with Crippen molar-refractivity contribution in [3.8, 4) is 5.75 Å². The molecule has 0 unspecified atom stereocenters. The van der Waals surface area contributed by atoms with Crippen molar-refractivity contribution in [2.45, 2.75) is 40.2 Å². The molecule has 3 N–H and O–H groups in total. The molecule has 0 spiro atoms. The predicted molar refractivity (Wildman–Crippen MR) is 81.7 cm³/mol. The second-order valence-electron chi connectivity index (χ2n) is 5.63. The quantitative estimate of drug-likeness (QED) is 0.805. The molecule has 0 radical (unpaired) electrons. The largest absolute Gasteiger partial charge is 0.484 e. The van der Waals surface area contributed by atoms with Gasteiger partial charge in [-0.25, -0.2) is 0 Å². The van der Waals surface area contributed by atoms with E-state index in [4.69, 9.17) is 10.5 Å². The number of hydrogen-bond acceptors (Lipinski definition) is 3. The Hall–Kier alpha value is -1.55. The van der Waals surface area contributed by atoms with E-state index in [1.807, 2.05) is 32.0 Å². The molecule has 0 saturated carbocycles. The van der Waals surface area contributed by atoms with Gasteiger partial charge in [-0.15, -0.1) is 0 Å². The normalized spacial score (nSPS) is 12.3. The lowest BCUT2D eigenvalue weighted by atomic mass is 10.1. The number of nitrogens with one attached hydrogen (secondary N) is 1. The summed E-state index contributed by atoms with van der Waals surface area (Å²) in [5.41, 5.74) is 7.89. The summed E-state index contributed by atoms with van der Waals surface area (Å²) in [5.74, 6) is 1.24. The summed E-state index contributed by atoms with van der Waals surface area (Å²) in [5, 5.41) is 2.85. The van der Waals surface area contributed by atoms with Crippen molar-refractivity contribution < 1.29 is 9.53 Å². The maximum absolute atomic E-state index is 11.6. The molecule has 1 amide bonds. The fourth-order valence-corrected chi connectivity index (χ4v) is 1.81. The molecule has 1 aromatic carbocycles. The number of rotatable bonds is 7. The maximum Gasteiger partial charge on any atom is 0.257 e. The van der Waals surface area contributed by atoms with Crippen molar-refractivity contribution in [2.75, 3.05) is 13.2 Å². The number of nitrogens with two attached hydrogens (primary N) is 1. The first-order valence-electron chi connectivity index (χ1n) is 7.15. The molecule has 20 heavy (non-hydrogen) atoms. The van der Waals surface area contributed by atoms with E-state index in [1.54, 1.807) is 0 Å². The number of carbonyl (C=O) groups is 1. The molecule has 0 bridgehead atoms. The van der Waals surface area contributed by atoms with Gasteiger partial charge >= 0.3 is 0 Å². The second kappa shape index (κ2) is 7.90. The van der Waals surface area contributed by atoms with Gasteiger partial charge in [0.05, 0.1) is 0 Å². The highest BCUT2D eigenvalue weighted by Crippen LogP contribution is 2.21. The lowest BCUT2D eigenvalue weighted by molar-refractivity contribution is -0.123. The van der Waals surface area contributed by atoms with E-state index in [1.165, 1.54) is 0 Å². The molecule has 0 fully saturated rings. The van der Waals surface area contributed by atoms with E-state index >= 15 is 0 Å². The van der Waals surface area contributed by atoms with Gasteiger partial charge in [0, 0.05) is 12.6 Å². The van der Waals surface area contributed by atoms with Crippen molar-refractivity contribution in [3.05, 3.63) is 29.3 Å². The van der Waals surface area contributed by atoms with Crippen LogP contribution >= 0.6 is 0 Å². The molecule has 1 aromatic rings. The number of ether oxygens (including phenoxy) is 1. The topological polar surface area (TPSA) is 64.3 Å². The average Bonchev–Trinajstić information content (AvgIpc) is 2.36. The van der Waals surface area contributed by atoms with E-state index in [2.05, 4.69) is 19.2 Å². The zero-order chi connectivity index (χ0) is 15.1. The molecule has 1 rings (SSSR count). The summed E-state index contributed by atoms with van der Waals surface area (Å²) in [4.78, 5) is 11.6. The summed E-state index contributed by atoms with van der Waals surface area (Å²) < 4.78 is 5.54. The third-order valence-electron chi connectivity index (χ3n) is 3.13. The highest BCUT2D eigenvalue weighted by Gasteiger charge is 2.07. The molecule has 112 valence electrons. The van der Waals surface area contributed by atoms with Crippen LogP contribution in [0.3, 0.4) is 0 Å². The monoisotopic (exact) mass is 278 g/mol. The van der Waals surface area contributed by atoms with Crippen LogP contribution in [-0.4, -0.2) is 19.1 Å². The van der Waals surface area contributed by atoms with Gasteiger partial charge in [0.1, 0.15) is 5.75 Å². The number of carbonyl (C=O) groups excluding carboxylic acids is 1. The molecule has 0 heterocycles. The van der Waals surface area contributed by atoms with Crippen LogP contribution in [0.4, 0.5) is 0 Å². The van der Waals surface area contributed by atoms with Crippen molar-refractivity contribution in [1.29, 1.82) is 0 Å². The van der Waals surface area contributed by atoms with E-state index < -0.39 is 0 Å². The third-order valence-corrected chi connectivity index (χ3v) is 3.13. The smallest absolute Gasteiger partial charge is 0.257 e. The zero-order valence-corrected chi connectivity index (χ0v) is 12.9. The number of aryl methyl sites for hydroxylation is 1. The molecule has 0 aromatic heterocycles. The van der Waals surface area contributed by atoms with Crippen LogP contribution in [0.15, 0.2) is 18.2 Å². The fraction of sp³-hybridized carbons (Fsp3) is 0.562. The van der Waals surface area contributed by atoms with Gasteiger partial charge in [-0.2, -0.15) is 0 Å².